The Morgan fingerprint density at radius 3 is 2.64 bits per heavy atom. The van der Waals surface area contributed by atoms with Gasteiger partial charge < -0.3 is 10.2 Å². The SMILES string of the molecule is C=C(F)C(=O)N1CCC(c2c(C(=O)NC)c(=O)n(-c3c(C)ccnc3C(C)C)c3nc(-c4c(C)ccc5[nH]ncc45)c(F)cc23)C[C@@H]1CC#N. The van der Waals surface area contributed by atoms with Crippen molar-refractivity contribution < 1.29 is 18.4 Å². The Morgan fingerprint density at radius 2 is 1.96 bits per heavy atom. The van der Waals surface area contributed by atoms with Gasteiger partial charge in [-0.25, -0.2) is 13.8 Å². The Hall–Kier alpha value is -5.77. The summed E-state index contributed by atoms with van der Waals surface area (Å²) in [4.78, 5) is 52.2. The van der Waals surface area contributed by atoms with Crippen molar-refractivity contribution in [2.45, 2.75) is 64.8 Å². The lowest BCUT2D eigenvalue weighted by Gasteiger charge is -2.39. The summed E-state index contributed by atoms with van der Waals surface area (Å²) in [6, 6.07) is 8.03. The van der Waals surface area contributed by atoms with Crippen molar-refractivity contribution in [1.29, 1.82) is 5.26 Å². The normalized spacial score (nSPS) is 16.2. The number of rotatable bonds is 7. The second-order valence-electron chi connectivity index (χ2n) is 12.9. The van der Waals surface area contributed by atoms with E-state index in [1.165, 1.54) is 22.6 Å². The summed E-state index contributed by atoms with van der Waals surface area (Å²) in [5.74, 6) is -4.21. The molecule has 2 N–H and O–H groups in total. The van der Waals surface area contributed by atoms with Crippen LogP contribution in [0.3, 0.4) is 0 Å². The van der Waals surface area contributed by atoms with E-state index in [9.17, 15) is 24.0 Å². The fourth-order valence-corrected chi connectivity index (χ4v) is 7.22. The largest absolute Gasteiger partial charge is 0.355 e. The molecule has 1 fully saturated rings. The summed E-state index contributed by atoms with van der Waals surface area (Å²) in [6.45, 7) is 10.7. The molecular weight excluding hydrogens is 642 g/mol. The number of carbonyl (C=O) groups excluding carboxylic acids is 2. The molecule has 0 spiro atoms. The summed E-state index contributed by atoms with van der Waals surface area (Å²) in [6.07, 6.45) is 3.41. The Kier molecular flexibility index (Phi) is 9.05. The number of carbonyl (C=O) groups is 2. The molecule has 4 aromatic heterocycles. The number of pyridine rings is 3. The van der Waals surface area contributed by atoms with Gasteiger partial charge in [-0.05, 0) is 73.4 Å². The van der Waals surface area contributed by atoms with Crippen LogP contribution in [0.2, 0.25) is 0 Å². The molecule has 6 rings (SSSR count). The first kappa shape index (κ1) is 34.1. The molecule has 1 aliphatic rings. The highest BCUT2D eigenvalue weighted by Gasteiger charge is 2.38. The van der Waals surface area contributed by atoms with Gasteiger partial charge in [0.1, 0.15) is 22.7 Å². The van der Waals surface area contributed by atoms with Crippen molar-refractivity contribution in [3.05, 3.63) is 93.2 Å². The van der Waals surface area contributed by atoms with E-state index in [0.29, 0.717) is 33.4 Å². The molecule has 5 heterocycles. The quantitative estimate of drug-likeness (QED) is 0.200. The van der Waals surface area contributed by atoms with E-state index >= 15 is 4.39 Å². The third-order valence-corrected chi connectivity index (χ3v) is 9.54. The van der Waals surface area contributed by atoms with Gasteiger partial charge >= 0.3 is 0 Å². The smallest absolute Gasteiger partial charge is 0.282 e. The zero-order valence-corrected chi connectivity index (χ0v) is 28.4. The number of fused-ring (bicyclic) bond motifs is 2. The van der Waals surface area contributed by atoms with E-state index in [0.717, 1.165) is 5.56 Å². The summed E-state index contributed by atoms with van der Waals surface area (Å²) in [7, 11) is 1.40. The van der Waals surface area contributed by atoms with Crippen LogP contribution in [0.4, 0.5) is 8.78 Å². The second-order valence-corrected chi connectivity index (χ2v) is 12.9. The van der Waals surface area contributed by atoms with Gasteiger partial charge in [-0.2, -0.15) is 10.4 Å². The van der Waals surface area contributed by atoms with Crippen LogP contribution >= 0.6 is 0 Å². The summed E-state index contributed by atoms with van der Waals surface area (Å²) in [5.41, 5.74) is 3.05. The lowest BCUT2D eigenvalue weighted by atomic mass is 9.80. The highest BCUT2D eigenvalue weighted by atomic mass is 19.1. The van der Waals surface area contributed by atoms with Crippen LogP contribution < -0.4 is 10.9 Å². The van der Waals surface area contributed by atoms with Gasteiger partial charge in [0.2, 0.25) is 0 Å². The number of aromatic amines is 1. The van der Waals surface area contributed by atoms with Crippen LogP contribution in [-0.4, -0.2) is 61.1 Å². The summed E-state index contributed by atoms with van der Waals surface area (Å²) >= 11 is 0. The molecule has 2 atom stereocenters. The van der Waals surface area contributed by atoms with Gasteiger partial charge in [-0.15, -0.1) is 0 Å². The first-order chi connectivity index (χ1) is 23.9. The molecule has 5 aromatic rings. The van der Waals surface area contributed by atoms with Gasteiger partial charge in [0, 0.05) is 42.2 Å². The number of aryl methyl sites for hydroxylation is 2. The summed E-state index contributed by atoms with van der Waals surface area (Å²) < 4.78 is 32.1. The molecule has 0 radical (unpaired) electrons. The molecule has 1 saturated heterocycles. The van der Waals surface area contributed by atoms with Gasteiger partial charge in [0.15, 0.2) is 5.83 Å². The molecule has 11 nitrogen and oxygen atoms in total. The number of piperidine rings is 1. The Morgan fingerprint density at radius 1 is 1.20 bits per heavy atom. The fraction of sp³-hybridized carbons (Fsp3) is 0.324. The molecule has 256 valence electrons. The average molecular weight is 679 g/mol. The number of H-pyrrole nitrogens is 1. The lowest BCUT2D eigenvalue weighted by Crippen LogP contribution is -2.46. The van der Waals surface area contributed by atoms with E-state index in [4.69, 9.17) is 4.98 Å². The maximum absolute atomic E-state index is 16.7. The lowest BCUT2D eigenvalue weighted by molar-refractivity contribution is -0.132. The van der Waals surface area contributed by atoms with E-state index < -0.39 is 41.0 Å². The minimum Gasteiger partial charge on any atom is -0.355 e. The molecule has 1 unspecified atom stereocenters. The molecule has 0 saturated carbocycles. The molecule has 0 aliphatic carbocycles. The summed E-state index contributed by atoms with van der Waals surface area (Å²) in [5, 5.41) is 20.1. The monoisotopic (exact) mass is 678 g/mol. The number of nitriles is 1. The zero-order valence-electron chi connectivity index (χ0n) is 28.4. The number of amides is 2. The van der Waals surface area contributed by atoms with E-state index in [1.54, 1.807) is 18.5 Å². The average Bonchev–Trinajstić information content (AvgIpc) is 3.56. The number of benzene rings is 1. The van der Waals surface area contributed by atoms with Crippen molar-refractivity contribution in [2.75, 3.05) is 13.6 Å². The Balaban J connectivity index is 1.74. The highest BCUT2D eigenvalue weighted by Crippen LogP contribution is 2.41. The van der Waals surface area contributed by atoms with Crippen molar-refractivity contribution in [3.63, 3.8) is 0 Å². The predicted octanol–water partition coefficient (Wildman–Crippen LogP) is 6.03. The molecular formula is C37H36F2N8O3. The number of hydrogen-bond acceptors (Lipinski definition) is 7. The topological polar surface area (TPSA) is 150 Å². The predicted molar refractivity (Wildman–Crippen MR) is 185 cm³/mol. The molecule has 0 bridgehead atoms. The van der Waals surface area contributed by atoms with Crippen molar-refractivity contribution in [1.82, 2.24) is 34.9 Å². The van der Waals surface area contributed by atoms with Gasteiger partial charge in [0.05, 0.1) is 35.6 Å². The highest BCUT2D eigenvalue weighted by molar-refractivity contribution is 6.02. The van der Waals surface area contributed by atoms with Crippen LogP contribution in [0.15, 0.2) is 53.9 Å². The van der Waals surface area contributed by atoms with Gasteiger partial charge in [0.25, 0.3) is 17.4 Å². The van der Waals surface area contributed by atoms with Crippen LogP contribution in [-0.2, 0) is 4.79 Å². The Bertz CT molecular complexity index is 2320. The van der Waals surface area contributed by atoms with E-state index in [-0.39, 0.29) is 59.6 Å². The molecule has 13 heteroatoms. The molecule has 1 aliphatic heterocycles. The molecule has 1 aromatic carbocycles. The van der Waals surface area contributed by atoms with Gasteiger partial charge in [-0.3, -0.25) is 29.0 Å². The standard InChI is InChI=1S/C37H36F2N8O3/c1-18(2)31-33(20(4)10-13-42-31)47-34-24(16-26(39)32(44-34)28-19(3)7-8-27-25(28)17-43-45-27)29(30(37(47)50)35(48)41-6)22-11-14-46(36(49)21(5)38)23(15-22)9-12-40/h7-8,10,13,16-18,22-23H,5,9,11,14-15H2,1-4,6H3,(H,41,48)(H,43,45)/t22?,23-/m0/s1. The molecule has 50 heavy (non-hydrogen) atoms. The maximum atomic E-state index is 16.7. The number of likely N-dealkylation sites (tertiary alicyclic amines) is 1. The van der Waals surface area contributed by atoms with Gasteiger partial charge in [-0.1, -0.05) is 26.5 Å². The fourth-order valence-electron chi connectivity index (χ4n) is 7.22. The minimum absolute atomic E-state index is 0.00864. The number of hydrogen-bond donors (Lipinski definition) is 2. The zero-order chi connectivity index (χ0) is 36.0. The third-order valence-electron chi connectivity index (χ3n) is 9.54. The third kappa shape index (κ3) is 5.60. The number of nitrogens with zero attached hydrogens (tertiary/aromatic N) is 6. The van der Waals surface area contributed by atoms with Crippen molar-refractivity contribution >= 4 is 33.8 Å². The minimum atomic E-state index is -1.15. The maximum Gasteiger partial charge on any atom is 0.282 e. The van der Waals surface area contributed by atoms with Crippen molar-refractivity contribution in [2.24, 2.45) is 0 Å². The van der Waals surface area contributed by atoms with Crippen LogP contribution in [0.5, 0.6) is 0 Å². The van der Waals surface area contributed by atoms with Crippen LogP contribution in [0, 0.1) is 31.0 Å². The van der Waals surface area contributed by atoms with Crippen molar-refractivity contribution in [3.8, 4) is 23.0 Å². The first-order valence-electron chi connectivity index (χ1n) is 16.3. The van der Waals surface area contributed by atoms with E-state index in [1.807, 2.05) is 39.8 Å². The number of nitrogens with one attached hydrogen (secondary N) is 2. The van der Waals surface area contributed by atoms with Crippen LogP contribution in [0.25, 0.3) is 38.9 Å². The number of halogens is 2. The first-order valence-corrected chi connectivity index (χ1v) is 16.3. The number of aromatic nitrogens is 5. The Labute approximate surface area is 286 Å². The van der Waals surface area contributed by atoms with Crippen LogP contribution in [0.1, 0.15) is 77.7 Å². The molecule has 2 amide bonds. The second kappa shape index (κ2) is 13.3. The van der Waals surface area contributed by atoms with E-state index in [2.05, 4.69) is 33.1 Å².